The Kier molecular flexibility index (Phi) is 4.02. The highest BCUT2D eigenvalue weighted by atomic mass is 32.1. The van der Waals surface area contributed by atoms with Gasteiger partial charge in [-0.25, -0.2) is 4.98 Å². The Bertz CT molecular complexity index is 947. The van der Waals surface area contributed by atoms with Gasteiger partial charge in [-0.1, -0.05) is 25.2 Å². The molecule has 3 rings (SSSR count). The first kappa shape index (κ1) is 16.1. The number of nitrogens with zero attached hydrogens (tertiary/aromatic N) is 3. The number of pyridine rings is 1. The van der Waals surface area contributed by atoms with Gasteiger partial charge in [0.05, 0.1) is 21.3 Å². The van der Waals surface area contributed by atoms with Crippen LogP contribution < -0.4 is 5.73 Å². The van der Waals surface area contributed by atoms with Crippen LogP contribution in [0.25, 0.3) is 16.9 Å². The van der Waals surface area contributed by atoms with E-state index < -0.39 is 4.92 Å². The summed E-state index contributed by atoms with van der Waals surface area (Å²) in [5.41, 5.74) is 10.2. The predicted octanol–water partition coefficient (Wildman–Crippen LogP) is 3.61. The summed E-state index contributed by atoms with van der Waals surface area (Å²) in [5, 5.41) is 10.8. The molecule has 2 heterocycles. The molecule has 0 radical (unpaired) electrons. The lowest BCUT2D eigenvalue weighted by Crippen LogP contribution is -2.18. The number of nitro groups is 1. The molecule has 2 N–H and O–H groups in total. The number of hydrogen-bond donors (Lipinski definition) is 1. The van der Waals surface area contributed by atoms with E-state index in [1.807, 2.05) is 36.6 Å². The average Bonchev–Trinajstić information content (AvgIpc) is 2.92. The molecule has 0 saturated carbocycles. The molecule has 0 aliphatic carbocycles. The van der Waals surface area contributed by atoms with Crippen LogP contribution >= 0.6 is 12.2 Å². The van der Waals surface area contributed by atoms with Crippen molar-refractivity contribution in [3.05, 3.63) is 64.0 Å². The van der Waals surface area contributed by atoms with Crippen molar-refractivity contribution < 1.29 is 4.92 Å². The molecule has 7 heteroatoms. The van der Waals surface area contributed by atoms with Crippen molar-refractivity contribution in [2.24, 2.45) is 5.73 Å². The fourth-order valence-corrected chi connectivity index (χ4v) is 2.78. The quantitative estimate of drug-likeness (QED) is 0.445. The number of non-ortho nitro benzene ring substituents is 1. The van der Waals surface area contributed by atoms with Gasteiger partial charge >= 0.3 is 0 Å². The topological polar surface area (TPSA) is 86.5 Å². The first-order chi connectivity index (χ1) is 11.4. The third-order valence-electron chi connectivity index (χ3n) is 3.99. The summed E-state index contributed by atoms with van der Waals surface area (Å²) in [5.74, 6) is -0.179. The lowest BCUT2D eigenvalue weighted by molar-refractivity contribution is -0.384. The lowest BCUT2D eigenvalue weighted by Gasteiger charge is -2.12. The summed E-state index contributed by atoms with van der Waals surface area (Å²) in [6.45, 7) is 3.93. The standard InChI is InChI=1S/C17H16N4O2S/c1-10-3-8-14-19-15(12-4-6-13(7-5-12)21(22)23)16(20(14)9-10)11(2)17(18)24/h3-9,11H,1-2H3,(H2,18,24). The van der Waals surface area contributed by atoms with E-state index in [9.17, 15) is 10.1 Å². The number of nitro benzene ring substituents is 1. The third-order valence-corrected chi connectivity index (χ3v) is 4.35. The molecule has 0 saturated heterocycles. The van der Waals surface area contributed by atoms with Gasteiger partial charge in [-0.05, 0) is 30.7 Å². The average molecular weight is 340 g/mol. The minimum atomic E-state index is -0.421. The maximum absolute atomic E-state index is 10.8. The molecule has 2 aromatic heterocycles. The number of hydrogen-bond acceptors (Lipinski definition) is 4. The summed E-state index contributed by atoms with van der Waals surface area (Å²) >= 11 is 5.17. The molecule has 0 spiro atoms. The van der Waals surface area contributed by atoms with Crippen LogP contribution in [0.15, 0.2) is 42.6 Å². The second-order valence-electron chi connectivity index (χ2n) is 5.71. The Morgan fingerprint density at radius 2 is 1.96 bits per heavy atom. The van der Waals surface area contributed by atoms with Crippen molar-refractivity contribution in [1.29, 1.82) is 0 Å². The van der Waals surface area contributed by atoms with Crippen LogP contribution in [0.3, 0.4) is 0 Å². The minimum absolute atomic E-state index is 0.0438. The van der Waals surface area contributed by atoms with Crippen LogP contribution in [0.2, 0.25) is 0 Å². The molecule has 6 nitrogen and oxygen atoms in total. The van der Waals surface area contributed by atoms with Crippen molar-refractivity contribution in [2.45, 2.75) is 19.8 Å². The molecular formula is C17H16N4O2S. The summed E-state index contributed by atoms with van der Waals surface area (Å²) in [4.78, 5) is 15.5. The number of aryl methyl sites for hydroxylation is 1. The Hall–Kier alpha value is -2.80. The number of nitrogens with two attached hydrogens (primary N) is 1. The lowest BCUT2D eigenvalue weighted by atomic mass is 10.0. The predicted molar refractivity (Wildman–Crippen MR) is 97.2 cm³/mol. The van der Waals surface area contributed by atoms with Gasteiger partial charge in [0, 0.05) is 29.8 Å². The van der Waals surface area contributed by atoms with E-state index in [0.717, 1.165) is 28.2 Å². The highest BCUT2D eigenvalue weighted by Gasteiger charge is 2.21. The number of fused-ring (bicyclic) bond motifs is 1. The zero-order valence-corrected chi connectivity index (χ0v) is 14.1. The molecule has 0 amide bonds. The normalized spacial score (nSPS) is 12.2. The molecule has 122 valence electrons. The molecule has 3 aromatic rings. The molecule has 0 aliphatic heterocycles. The Morgan fingerprint density at radius 1 is 1.29 bits per heavy atom. The second kappa shape index (κ2) is 6.01. The zero-order chi connectivity index (χ0) is 17.4. The number of rotatable bonds is 4. The van der Waals surface area contributed by atoms with Gasteiger partial charge in [0.2, 0.25) is 0 Å². The fourth-order valence-electron chi connectivity index (χ4n) is 2.67. The van der Waals surface area contributed by atoms with Gasteiger partial charge < -0.3 is 10.1 Å². The van der Waals surface area contributed by atoms with E-state index in [4.69, 9.17) is 18.0 Å². The maximum atomic E-state index is 10.8. The van der Waals surface area contributed by atoms with Crippen molar-refractivity contribution in [2.75, 3.05) is 0 Å². The third kappa shape index (κ3) is 2.74. The first-order valence-electron chi connectivity index (χ1n) is 7.41. The maximum Gasteiger partial charge on any atom is 0.269 e. The summed E-state index contributed by atoms with van der Waals surface area (Å²) in [7, 11) is 0. The Morgan fingerprint density at radius 3 is 2.54 bits per heavy atom. The zero-order valence-electron chi connectivity index (χ0n) is 13.3. The number of benzene rings is 1. The van der Waals surface area contributed by atoms with Gasteiger partial charge in [-0.3, -0.25) is 10.1 Å². The highest BCUT2D eigenvalue weighted by Crippen LogP contribution is 2.31. The Labute approximate surface area is 144 Å². The van der Waals surface area contributed by atoms with Crippen molar-refractivity contribution in [3.63, 3.8) is 0 Å². The number of aromatic nitrogens is 2. The van der Waals surface area contributed by atoms with Gasteiger partial charge in [-0.2, -0.15) is 0 Å². The van der Waals surface area contributed by atoms with E-state index >= 15 is 0 Å². The monoisotopic (exact) mass is 340 g/mol. The molecule has 1 unspecified atom stereocenters. The van der Waals surface area contributed by atoms with Crippen LogP contribution in [0, 0.1) is 17.0 Å². The Balaban J connectivity index is 2.24. The highest BCUT2D eigenvalue weighted by molar-refractivity contribution is 7.80. The smallest absolute Gasteiger partial charge is 0.269 e. The van der Waals surface area contributed by atoms with Gasteiger partial charge in [0.25, 0.3) is 5.69 Å². The van der Waals surface area contributed by atoms with E-state index in [2.05, 4.69) is 4.98 Å². The van der Waals surface area contributed by atoms with Crippen LogP contribution in [-0.4, -0.2) is 19.3 Å². The van der Waals surface area contributed by atoms with E-state index in [-0.39, 0.29) is 11.6 Å². The van der Waals surface area contributed by atoms with Gasteiger partial charge in [0.15, 0.2) is 0 Å². The summed E-state index contributed by atoms with van der Waals surface area (Å²) < 4.78 is 1.98. The van der Waals surface area contributed by atoms with Crippen LogP contribution in [0.5, 0.6) is 0 Å². The largest absolute Gasteiger partial charge is 0.393 e. The number of imidazole rings is 1. The van der Waals surface area contributed by atoms with Crippen molar-refractivity contribution in [1.82, 2.24) is 9.38 Å². The SMILES string of the molecule is Cc1ccc2nc(-c3ccc([N+](=O)[O-])cc3)c(C(C)C(N)=S)n2c1. The molecule has 0 bridgehead atoms. The molecule has 1 aromatic carbocycles. The molecule has 24 heavy (non-hydrogen) atoms. The van der Waals surface area contributed by atoms with Crippen LogP contribution in [-0.2, 0) is 0 Å². The van der Waals surface area contributed by atoms with Crippen LogP contribution in [0.4, 0.5) is 5.69 Å². The molecule has 0 aliphatic rings. The van der Waals surface area contributed by atoms with Gasteiger partial charge in [0.1, 0.15) is 5.65 Å². The molecular weight excluding hydrogens is 324 g/mol. The fraction of sp³-hybridized carbons (Fsp3) is 0.176. The molecule has 1 atom stereocenters. The van der Waals surface area contributed by atoms with Crippen molar-refractivity contribution in [3.8, 4) is 11.3 Å². The molecule has 0 fully saturated rings. The second-order valence-corrected chi connectivity index (χ2v) is 6.18. The van der Waals surface area contributed by atoms with Crippen molar-refractivity contribution >= 4 is 28.5 Å². The van der Waals surface area contributed by atoms with Gasteiger partial charge in [-0.15, -0.1) is 0 Å². The summed E-state index contributed by atoms with van der Waals surface area (Å²) in [6.07, 6.45) is 1.99. The minimum Gasteiger partial charge on any atom is -0.393 e. The van der Waals surface area contributed by atoms with Crippen LogP contribution in [0.1, 0.15) is 24.1 Å². The van der Waals surface area contributed by atoms with E-state index in [1.54, 1.807) is 12.1 Å². The van der Waals surface area contributed by atoms with E-state index in [0.29, 0.717) is 4.99 Å². The van der Waals surface area contributed by atoms with E-state index in [1.165, 1.54) is 12.1 Å². The number of thiocarbonyl (C=S) groups is 1. The first-order valence-corrected chi connectivity index (χ1v) is 7.82. The summed E-state index contributed by atoms with van der Waals surface area (Å²) in [6, 6.07) is 10.3.